The van der Waals surface area contributed by atoms with Crippen LogP contribution in [0.1, 0.15) is 26.7 Å². The Kier molecular flexibility index (Phi) is 5.56. The van der Waals surface area contributed by atoms with Crippen LogP contribution in [0.2, 0.25) is 0 Å². The van der Waals surface area contributed by atoms with Crippen molar-refractivity contribution < 1.29 is 9.59 Å². The topological polar surface area (TPSA) is 65.5 Å². The maximum atomic E-state index is 12.6. The molecule has 1 aromatic heterocycles. The maximum Gasteiger partial charge on any atom is 0.226 e. The number of hydrogen-bond acceptors (Lipinski definition) is 4. The summed E-state index contributed by atoms with van der Waals surface area (Å²) in [4.78, 5) is 33.2. The number of piperazine rings is 1. The molecule has 1 aliphatic carbocycles. The summed E-state index contributed by atoms with van der Waals surface area (Å²) in [5, 5.41) is 2.97. The zero-order valence-corrected chi connectivity index (χ0v) is 15.1. The first-order valence-electron chi connectivity index (χ1n) is 9.28. The monoisotopic (exact) mass is 344 g/mol. The SMILES string of the molecule is CC(C)CCNC(=O)C1CC1C(=O)N1CCN(c2ccccn2)CC1. The van der Waals surface area contributed by atoms with Crippen LogP contribution in [0.5, 0.6) is 0 Å². The minimum Gasteiger partial charge on any atom is -0.356 e. The third-order valence-electron chi connectivity index (χ3n) is 5.03. The van der Waals surface area contributed by atoms with Crippen LogP contribution >= 0.6 is 0 Å². The first-order valence-corrected chi connectivity index (χ1v) is 9.28. The number of nitrogens with zero attached hydrogens (tertiary/aromatic N) is 3. The summed E-state index contributed by atoms with van der Waals surface area (Å²) >= 11 is 0. The minimum atomic E-state index is -0.117. The van der Waals surface area contributed by atoms with E-state index >= 15 is 0 Å². The molecule has 136 valence electrons. The van der Waals surface area contributed by atoms with E-state index in [0.717, 1.165) is 25.3 Å². The molecule has 2 atom stereocenters. The normalized spacial score (nSPS) is 22.8. The van der Waals surface area contributed by atoms with Crippen molar-refractivity contribution in [1.29, 1.82) is 0 Å². The van der Waals surface area contributed by atoms with Gasteiger partial charge in [-0.25, -0.2) is 4.98 Å². The van der Waals surface area contributed by atoms with Crippen molar-refractivity contribution in [1.82, 2.24) is 15.2 Å². The summed E-state index contributed by atoms with van der Waals surface area (Å²) in [6.07, 6.45) is 3.47. The number of rotatable bonds is 6. The molecular weight excluding hydrogens is 316 g/mol. The van der Waals surface area contributed by atoms with Crippen LogP contribution in [0.4, 0.5) is 5.82 Å². The maximum absolute atomic E-state index is 12.6. The molecule has 0 radical (unpaired) electrons. The lowest BCUT2D eigenvalue weighted by molar-refractivity contribution is -0.135. The molecule has 25 heavy (non-hydrogen) atoms. The molecule has 2 fully saturated rings. The molecule has 2 aliphatic rings. The van der Waals surface area contributed by atoms with Crippen molar-refractivity contribution in [2.75, 3.05) is 37.6 Å². The molecule has 1 aliphatic heterocycles. The summed E-state index contributed by atoms with van der Waals surface area (Å²) < 4.78 is 0. The highest BCUT2D eigenvalue weighted by molar-refractivity contribution is 5.92. The molecule has 1 N–H and O–H groups in total. The van der Waals surface area contributed by atoms with Gasteiger partial charge in [-0.2, -0.15) is 0 Å². The van der Waals surface area contributed by atoms with E-state index in [1.165, 1.54) is 0 Å². The van der Waals surface area contributed by atoms with Crippen molar-refractivity contribution in [3.05, 3.63) is 24.4 Å². The second-order valence-electron chi connectivity index (χ2n) is 7.42. The van der Waals surface area contributed by atoms with Crippen LogP contribution in [0.3, 0.4) is 0 Å². The van der Waals surface area contributed by atoms with E-state index in [2.05, 4.69) is 29.0 Å². The van der Waals surface area contributed by atoms with Crippen LogP contribution in [0, 0.1) is 17.8 Å². The van der Waals surface area contributed by atoms with Gasteiger partial charge in [0, 0.05) is 38.9 Å². The van der Waals surface area contributed by atoms with E-state index in [-0.39, 0.29) is 23.7 Å². The molecule has 2 heterocycles. The van der Waals surface area contributed by atoms with Gasteiger partial charge in [0.25, 0.3) is 0 Å². The zero-order valence-electron chi connectivity index (χ0n) is 15.1. The van der Waals surface area contributed by atoms with Crippen LogP contribution in [0.25, 0.3) is 0 Å². The van der Waals surface area contributed by atoms with Gasteiger partial charge in [0.15, 0.2) is 0 Å². The van der Waals surface area contributed by atoms with E-state index in [1.807, 2.05) is 23.1 Å². The van der Waals surface area contributed by atoms with Crippen molar-refractivity contribution in [3.63, 3.8) is 0 Å². The quantitative estimate of drug-likeness (QED) is 0.850. The Morgan fingerprint density at radius 2 is 1.96 bits per heavy atom. The molecular formula is C19H28N4O2. The lowest BCUT2D eigenvalue weighted by Crippen LogP contribution is -2.49. The van der Waals surface area contributed by atoms with Crippen LogP contribution in [-0.2, 0) is 9.59 Å². The van der Waals surface area contributed by atoms with E-state index < -0.39 is 0 Å². The Morgan fingerprint density at radius 3 is 2.60 bits per heavy atom. The van der Waals surface area contributed by atoms with Crippen LogP contribution < -0.4 is 10.2 Å². The minimum absolute atomic E-state index is 0.0473. The summed E-state index contributed by atoms with van der Waals surface area (Å²) in [5.41, 5.74) is 0. The third-order valence-corrected chi connectivity index (χ3v) is 5.03. The number of anilines is 1. The van der Waals surface area contributed by atoms with Crippen molar-refractivity contribution in [2.45, 2.75) is 26.7 Å². The average molecular weight is 344 g/mol. The molecule has 1 aromatic rings. The van der Waals surface area contributed by atoms with E-state index in [9.17, 15) is 9.59 Å². The number of carbonyl (C=O) groups is 2. The first-order chi connectivity index (χ1) is 12.1. The fraction of sp³-hybridized carbons (Fsp3) is 0.632. The summed E-state index contributed by atoms with van der Waals surface area (Å²) in [6, 6.07) is 5.88. The Hall–Kier alpha value is -2.11. The Bertz CT molecular complexity index is 597. The highest BCUT2D eigenvalue weighted by Gasteiger charge is 2.49. The summed E-state index contributed by atoms with van der Waals surface area (Å²) in [6.45, 7) is 7.97. The first kappa shape index (κ1) is 17.7. The van der Waals surface area contributed by atoms with Crippen molar-refractivity contribution in [3.8, 4) is 0 Å². The molecule has 0 bridgehead atoms. The van der Waals surface area contributed by atoms with Crippen molar-refractivity contribution >= 4 is 17.6 Å². The van der Waals surface area contributed by atoms with Gasteiger partial charge in [0.05, 0.1) is 11.8 Å². The van der Waals surface area contributed by atoms with Gasteiger partial charge in [-0.05, 0) is 30.9 Å². The van der Waals surface area contributed by atoms with Gasteiger partial charge in [0.1, 0.15) is 5.82 Å². The highest BCUT2D eigenvalue weighted by atomic mass is 16.2. The number of pyridine rings is 1. The number of amides is 2. The Morgan fingerprint density at radius 1 is 1.20 bits per heavy atom. The second-order valence-corrected chi connectivity index (χ2v) is 7.42. The molecule has 1 saturated carbocycles. The summed E-state index contributed by atoms with van der Waals surface area (Å²) in [5.74, 6) is 1.50. The summed E-state index contributed by atoms with van der Waals surface area (Å²) in [7, 11) is 0. The van der Waals surface area contributed by atoms with Gasteiger partial charge in [0.2, 0.25) is 11.8 Å². The van der Waals surface area contributed by atoms with Crippen LogP contribution in [0.15, 0.2) is 24.4 Å². The number of carbonyl (C=O) groups excluding carboxylic acids is 2. The molecule has 1 saturated heterocycles. The van der Waals surface area contributed by atoms with Gasteiger partial charge in [-0.3, -0.25) is 9.59 Å². The highest BCUT2D eigenvalue weighted by Crippen LogP contribution is 2.40. The molecule has 6 nitrogen and oxygen atoms in total. The molecule has 3 rings (SSSR count). The number of aromatic nitrogens is 1. The molecule has 2 amide bonds. The number of nitrogens with one attached hydrogen (secondary N) is 1. The Balaban J connectivity index is 1.42. The van der Waals surface area contributed by atoms with Gasteiger partial charge in [-0.15, -0.1) is 0 Å². The Labute approximate surface area is 149 Å². The van der Waals surface area contributed by atoms with Crippen molar-refractivity contribution in [2.24, 2.45) is 17.8 Å². The largest absolute Gasteiger partial charge is 0.356 e. The fourth-order valence-electron chi connectivity index (χ4n) is 3.30. The predicted molar refractivity (Wildman–Crippen MR) is 97.1 cm³/mol. The fourth-order valence-corrected chi connectivity index (χ4v) is 3.30. The van der Waals surface area contributed by atoms with Gasteiger partial charge in [-0.1, -0.05) is 19.9 Å². The van der Waals surface area contributed by atoms with Gasteiger partial charge < -0.3 is 15.1 Å². The smallest absolute Gasteiger partial charge is 0.226 e. The number of hydrogen-bond donors (Lipinski definition) is 1. The van der Waals surface area contributed by atoms with Gasteiger partial charge >= 0.3 is 0 Å². The standard InChI is InChI=1S/C19H28N4O2/c1-14(2)6-8-21-18(24)15-13-16(15)19(25)23-11-9-22(10-12-23)17-5-3-4-7-20-17/h3-5,7,14-16H,6,8-13H2,1-2H3,(H,21,24). The van der Waals surface area contributed by atoms with E-state index in [4.69, 9.17) is 0 Å². The lowest BCUT2D eigenvalue weighted by Gasteiger charge is -2.35. The van der Waals surface area contributed by atoms with Crippen LogP contribution in [-0.4, -0.2) is 54.4 Å². The van der Waals surface area contributed by atoms with E-state index in [0.29, 0.717) is 32.0 Å². The lowest BCUT2D eigenvalue weighted by atomic mass is 10.1. The third kappa shape index (κ3) is 4.50. The zero-order chi connectivity index (χ0) is 17.8. The predicted octanol–water partition coefficient (Wildman–Crippen LogP) is 1.53. The molecule has 6 heteroatoms. The second kappa shape index (κ2) is 7.85. The molecule has 0 spiro atoms. The molecule has 2 unspecified atom stereocenters. The average Bonchev–Trinajstić information content (AvgIpc) is 3.42. The molecule has 0 aromatic carbocycles. The van der Waals surface area contributed by atoms with E-state index in [1.54, 1.807) is 6.20 Å².